The Morgan fingerprint density at radius 1 is 1.28 bits per heavy atom. The third-order valence-electron chi connectivity index (χ3n) is 6.85. The monoisotopic (exact) mass is 530 g/mol. The molecule has 1 fully saturated rings. The molecular weight excluding hydrogens is 500 g/mol. The van der Waals surface area contributed by atoms with Crippen molar-refractivity contribution in [2.24, 2.45) is 5.11 Å². The van der Waals surface area contributed by atoms with Gasteiger partial charge in [-0.15, -0.1) is 0 Å². The first-order valence-corrected chi connectivity index (χ1v) is 13.0. The number of amides is 1. The van der Waals surface area contributed by atoms with Gasteiger partial charge in [0, 0.05) is 23.6 Å². The summed E-state index contributed by atoms with van der Waals surface area (Å²) in [7, 11) is 1.55. The summed E-state index contributed by atoms with van der Waals surface area (Å²) in [5, 5.41) is 4.03. The number of pyridine rings is 2. The number of methoxy groups -OCH3 is 1. The molecule has 2 aromatic rings. The number of allylic oxidation sites excluding steroid dienone is 4. The average molecular weight is 531 g/mol. The van der Waals surface area contributed by atoms with Crippen molar-refractivity contribution >= 4 is 17.1 Å². The summed E-state index contributed by atoms with van der Waals surface area (Å²) >= 11 is 0. The van der Waals surface area contributed by atoms with Crippen LogP contribution >= 0.6 is 0 Å². The summed E-state index contributed by atoms with van der Waals surface area (Å²) in [5.74, 6) is 1.46. The SMILES string of the molecule is COc1ccc2nccc(C(CCCCC3CN(C4=COC=C(CC5=CC=CCC5)O4)C(=O)O3)N=[N+]=[N-])c2n1. The van der Waals surface area contributed by atoms with Crippen molar-refractivity contribution in [1.29, 1.82) is 0 Å². The molecule has 0 aromatic carbocycles. The predicted octanol–water partition coefficient (Wildman–Crippen LogP) is 6.72. The Kier molecular flexibility index (Phi) is 8.28. The van der Waals surface area contributed by atoms with E-state index >= 15 is 0 Å². The first-order chi connectivity index (χ1) is 19.1. The Balaban J connectivity index is 1.13. The summed E-state index contributed by atoms with van der Waals surface area (Å²) in [4.78, 5) is 26.0. The van der Waals surface area contributed by atoms with Crippen molar-refractivity contribution in [3.05, 3.63) is 88.4 Å². The molecule has 11 heteroatoms. The van der Waals surface area contributed by atoms with E-state index in [9.17, 15) is 10.3 Å². The maximum atomic E-state index is 12.6. The van der Waals surface area contributed by atoms with Crippen molar-refractivity contribution < 1.29 is 23.7 Å². The topological polar surface area (TPSA) is 132 Å². The molecule has 5 rings (SSSR count). The molecule has 0 saturated carbocycles. The van der Waals surface area contributed by atoms with Crippen LogP contribution in [0.15, 0.2) is 77.5 Å². The molecule has 202 valence electrons. The van der Waals surface area contributed by atoms with Crippen LogP contribution in [0.5, 0.6) is 5.88 Å². The van der Waals surface area contributed by atoms with E-state index in [0.29, 0.717) is 54.4 Å². The normalized spacial score (nSPS) is 19.2. The molecule has 1 amide bonds. The number of cyclic esters (lactones) is 1. The van der Waals surface area contributed by atoms with E-state index in [0.717, 1.165) is 31.2 Å². The van der Waals surface area contributed by atoms with Gasteiger partial charge in [-0.05, 0) is 55.3 Å². The van der Waals surface area contributed by atoms with E-state index in [1.165, 1.54) is 16.7 Å². The van der Waals surface area contributed by atoms with E-state index in [-0.39, 0.29) is 6.10 Å². The van der Waals surface area contributed by atoms with Gasteiger partial charge in [-0.25, -0.2) is 14.7 Å². The molecule has 2 aromatic heterocycles. The maximum Gasteiger partial charge on any atom is 0.417 e. The fourth-order valence-electron chi connectivity index (χ4n) is 4.88. The van der Waals surface area contributed by atoms with Crippen LogP contribution in [-0.2, 0) is 14.2 Å². The first kappa shape index (κ1) is 26.1. The number of hydrogen-bond donors (Lipinski definition) is 0. The molecule has 0 spiro atoms. The molecule has 11 nitrogen and oxygen atoms in total. The summed E-state index contributed by atoms with van der Waals surface area (Å²) in [6.45, 7) is 0.380. The molecular formula is C28H30N6O5. The molecule has 3 aliphatic rings. The number of azide groups is 1. The zero-order valence-electron chi connectivity index (χ0n) is 21.7. The standard InChI is InChI=1S/C28H30N6O5/c1-36-25-12-11-24-27(31-25)22(13-14-30-24)23(32-33-29)10-6-5-9-20-16-34(28(35)39-20)26-18-37-17-21(38-26)15-19-7-3-2-4-8-19/h2-3,7,11-14,17-18,20,23H,4-6,8-10,15-16H2,1H3. The highest BCUT2D eigenvalue weighted by Crippen LogP contribution is 2.32. The van der Waals surface area contributed by atoms with Gasteiger partial charge in [0.15, 0.2) is 6.26 Å². The largest absolute Gasteiger partial charge is 0.481 e. The Morgan fingerprint density at radius 2 is 2.21 bits per heavy atom. The highest BCUT2D eigenvalue weighted by molar-refractivity contribution is 5.78. The molecule has 0 N–H and O–H groups in total. The summed E-state index contributed by atoms with van der Waals surface area (Å²) in [6.07, 6.45) is 15.7. The highest BCUT2D eigenvalue weighted by Gasteiger charge is 2.35. The molecule has 2 unspecified atom stereocenters. The van der Waals surface area contributed by atoms with Gasteiger partial charge in [-0.2, -0.15) is 0 Å². The van der Waals surface area contributed by atoms with Crippen LogP contribution in [0.25, 0.3) is 21.5 Å². The number of unbranched alkanes of at least 4 members (excludes halogenated alkanes) is 1. The van der Waals surface area contributed by atoms with E-state index in [1.54, 1.807) is 25.6 Å². The Morgan fingerprint density at radius 3 is 3.03 bits per heavy atom. The van der Waals surface area contributed by atoms with Gasteiger partial charge in [0.2, 0.25) is 11.8 Å². The van der Waals surface area contributed by atoms with Crippen molar-refractivity contribution in [1.82, 2.24) is 14.9 Å². The molecule has 39 heavy (non-hydrogen) atoms. The number of aromatic nitrogens is 2. The number of nitrogens with zero attached hydrogens (tertiary/aromatic N) is 6. The first-order valence-electron chi connectivity index (χ1n) is 13.0. The summed E-state index contributed by atoms with van der Waals surface area (Å²) in [5.41, 5.74) is 12.6. The van der Waals surface area contributed by atoms with Crippen molar-refractivity contribution in [3.63, 3.8) is 0 Å². The second-order valence-electron chi connectivity index (χ2n) is 9.49. The minimum absolute atomic E-state index is 0.270. The van der Waals surface area contributed by atoms with Crippen LogP contribution in [0.2, 0.25) is 0 Å². The zero-order valence-corrected chi connectivity index (χ0v) is 21.7. The fraction of sp³-hybridized carbons (Fsp3) is 0.393. The smallest absolute Gasteiger partial charge is 0.417 e. The van der Waals surface area contributed by atoms with Crippen LogP contribution in [0.1, 0.15) is 56.6 Å². The second kappa shape index (κ2) is 12.4. The van der Waals surface area contributed by atoms with Gasteiger partial charge in [0.25, 0.3) is 0 Å². The lowest BCUT2D eigenvalue weighted by molar-refractivity contribution is 0.114. The van der Waals surface area contributed by atoms with Gasteiger partial charge in [-0.3, -0.25) is 4.98 Å². The minimum Gasteiger partial charge on any atom is -0.481 e. The van der Waals surface area contributed by atoms with Gasteiger partial charge in [-0.1, -0.05) is 35.3 Å². The van der Waals surface area contributed by atoms with E-state index in [1.807, 2.05) is 18.2 Å². The lowest BCUT2D eigenvalue weighted by atomic mass is 9.99. The van der Waals surface area contributed by atoms with Crippen LogP contribution in [0.3, 0.4) is 0 Å². The molecule has 4 heterocycles. The number of ether oxygens (including phenoxy) is 4. The van der Waals surface area contributed by atoms with E-state index in [2.05, 4.69) is 32.1 Å². The number of hydrogen-bond acceptors (Lipinski definition) is 8. The van der Waals surface area contributed by atoms with Gasteiger partial charge in [0.05, 0.1) is 30.7 Å². The van der Waals surface area contributed by atoms with Gasteiger partial charge >= 0.3 is 6.09 Å². The molecule has 0 radical (unpaired) electrons. The van der Waals surface area contributed by atoms with E-state index in [4.69, 9.17) is 18.9 Å². The van der Waals surface area contributed by atoms with Crippen LogP contribution < -0.4 is 4.74 Å². The Bertz CT molecular complexity index is 1390. The highest BCUT2D eigenvalue weighted by atomic mass is 16.6. The lowest BCUT2D eigenvalue weighted by Gasteiger charge is -2.22. The summed E-state index contributed by atoms with van der Waals surface area (Å²) in [6, 6.07) is 5.00. The molecule has 1 aliphatic carbocycles. The van der Waals surface area contributed by atoms with Crippen LogP contribution in [-0.4, -0.2) is 40.7 Å². The minimum atomic E-state index is -0.453. The molecule has 0 bridgehead atoms. The maximum absolute atomic E-state index is 12.6. The van der Waals surface area contributed by atoms with Crippen molar-refractivity contribution in [3.8, 4) is 5.88 Å². The number of carbonyl (C=O) groups is 1. The van der Waals surface area contributed by atoms with Crippen molar-refractivity contribution in [2.75, 3.05) is 13.7 Å². The van der Waals surface area contributed by atoms with E-state index < -0.39 is 12.1 Å². The second-order valence-corrected chi connectivity index (χ2v) is 9.49. The number of rotatable bonds is 11. The Labute approximate surface area is 226 Å². The molecule has 1 saturated heterocycles. The lowest BCUT2D eigenvalue weighted by Crippen LogP contribution is -2.27. The zero-order chi connectivity index (χ0) is 27.0. The Hall–Kier alpha value is -4.50. The third kappa shape index (κ3) is 6.32. The quantitative estimate of drug-likeness (QED) is 0.136. The third-order valence-corrected chi connectivity index (χ3v) is 6.85. The van der Waals surface area contributed by atoms with Gasteiger partial charge in [0.1, 0.15) is 18.1 Å². The number of fused-ring (bicyclic) bond motifs is 1. The molecule has 2 atom stereocenters. The van der Waals surface area contributed by atoms with Crippen molar-refractivity contribution in [2.45, 2.75) is 57.1 Å². The average Bonchev–Trinajstić information content (AvgIpc) is 3.35. The summed E-state index contributed by atoms with van der Waals surface area (Å²) < 4.78 is 22.3. The fourth-order valence-corrected chi connectivity index (χ4v) is 4.88. The van der Waals surface area contributed by atoms with Crippen LogP contribution in [0, 0.1) is 0 Å². The van der Waals surface area contributed by atoms with Crippen LogP contribution in [0.4, 0.5) is 4.79 Å². The van der Waals surface area contributed by atoms with Gasteiger partial charge < -0.3 is 18.9 Å². The molecule has 2 aliphatic heterocycles. The predicted molar refractivity (Wildman–Crippen MR) is 143 cm³/mol. The number of carbonyl (C=O) groups excluding carboxylic acids is 1.